The summed E-state index contributed by atoms with van der Waals surface area (Å²) >= 11 is 18.9. The number of halogens is 6. The molecule has 0 spiro atoms. The standard InChI is InChI=1S/C20H15Cl3F3N3O3/c1-9-18(20(24,25)26)27-19(13-4-5-14(22)32-13)29(9)17-11(21)2-3-12(16(17)23)28-7-10(8-28)6-15(30)31/h2-5,10H,6-8H2,1H3,(H,30,31). The van der Waals surface area contributed by atoms with Crippen LogP contribution in [0.4, 0.5) is 18.9 Å². The molecule has 0 unspecified atom stereocenters. The Morgan fingerprint density at radius 1 is 1.22 bits per heavy atom. The van der Waals surface area contributed by atoms with Crippen LogP contribution in [0.15, 0.2) is 28.7 Å². The average Bonchev–Trinajstić information content (AvgIpc) is 3.22. The molecule has 0 amide bonds. The number of aliphatic carboxylic acids is 1. The molecule has 0 saturated carbocycles. The van der Waals surface area contributed by atoms with Crippen molar-refractivity contribution in [1.82, 2.24) is 9.55 Å². The number of carboxylic acid groups (broad SMARTS) is 1. The van der Waals surface area contributed by atoms with E-state index in [0.717, 1.165) is 0 Å². The van der Waals surface area contributed by atoms with Crippen molar-refractivity contribution in [2.24, 2.45) is 5.92 Å². The second-order valence-corrected chi connectivity index (χ2v) is 8.56. The highest BCUT2D eigenvalue weighted by Crippen LogP contribution is 2.44. The minimum Gasteiger partial charge on any atom is -0.481 e. The normalized spacial score (nSPS) is 14.7. The Kier molecular flexibility index (Phi) is 5.85. The molecule has 1 aromatic carbocycles. The van der Waals surface area contributed by atoms with Gasteiger partial charge in [-0.25, -0.2) is 4.98 Å². The molecule has 1 fully saturated rings. The van der Waals surface area contributed by atoms with Gasteiger partial charge in [-0.2, -0.15) is 13.2 Å². The summed E-state index contributed by atoms with van der Waals surface area (Å²) in [6, 6.07) is 5.96. The molecule has 0 aliphatic carbocycles. The maximum absolute atomic E-state index is 13.6. The summed E-state index contributed by atoms with van der Waals surface area (Å²) < 4.78 is 47.4. The number of imidazole rings is 1. The predicted molar refractivity (Wildman–Crippen MR) is 114 cm³/mol. The molecule has 0 atom stereocenters. The highest BCUT2D eigenvalue weighted by atomic mass is 35.5. The van der Waals surface area contributed by atoms with Gasteiger partial charge in [0.2, 0.25) is 0 Å². The van der Waals surface area contributed by atoms with Gasteiger partial charge in [-0.15, -0.1) is 0 Å². The SMILES string of the molecule is Cc1c(C(F)(F)F)nc(-c2ccc(Cl)o2)n1-c1c(Cl)ccc(N2CC(CC(=O)O)C2)c1Cl. The van der Waals surface area contributed by atoms with Crippen LogP contribution >= 0.6 is 34.8 Å². The van der Waals surface area contributed by atoms with Gasteiger partial charge >= 0.3 is 12.1 Å². The summed E-state index contributed by atoms with van der Waals surface area (Å²) in [5.74, 6) is -1.09. The van der Waals surface area contributed by atoms with E-state index in [1.54, 1.807) is 6.07 Å². The van der Waals surface area contributed by atoms with Gasteiger partial charge in [-0.3, -0.25) is 9.36 Å². The minimum atomic E-state index is -4.72. The Hall–Kier alpha value is -2.36. The van der Waals surface area contributed by atoms with Crippen LogP contribution in [0.2, 0.25) is 15.3 Å². The summed E-state index contributed by atoms with van der Waals surface area (Å²) in [6.07, 6.45) is -4.70. The number of anilines is 1. The first-order valence-corrected chi connectivity index (χ1v) is 10.5. The number of carboxylic acids is 1. The second kappa shape index (κ2) is 8.20. The fourth-order valence-corrected chi connectivity index (χ4v) is 4.57. The number of benzene rings is 1. The lowest BCUT2D eigenvalue weighted by Gasteiger charge is -2.41. The molecule has 6 nitrogen and oxygen atoms in total. The number of hydrogen-bond acceptors (Lipinski definition) is 4. The van der Waals surface area contributed by atoms with Crippen molar-refractivity contribution in [3.63, 3.8) is 0 Å². The van der Waals surface area contributed by atoms with E-state index >= 15 is 0 Å². The zero-order valence-electron chi connectivity index (χ0n) is 16.4. The smallest absolute Gasteiger partial charge is 0.435 e. The first kappa shape index (κ1) is 22.8. The summed E-state index contributed by atoms with van der Waals surface area (Å²) in [6.45, 7) is 2.16. The molecule has 1 saturated heterocycles. The Morgan fingerprint density at radius 2 is 1.91 bits per heavy atom. The fourth-order valence-electron chi connectivity index (χ4n) is 3.77. The van der Waals surface area contributed by atoms with Crippen LogP contribution in [0.25, 0.3) is 17.3 Å². The number of alkyl halides is 3. The monoisotopic (exact) mass is 507 g/mol. The molecule has 0 radical (unpaired) electrons. The van der Waals surface area contributed by atoms with Crippen LogP contribution in [0.1, 0.15) is 17.8 Å². The van der Waals surface area contributed by atoms with E-state index in [4.69, 9.17) is 44.3 Å². The molecular weight excluding hydrogens is 494 g/mol. The van der Waals surface area contributed by atoms with Gasteiger partial charge in [0.15, 0.2) is 22.5 Å². The van der Waals surface area contributed by atoms with Gasteiger partial charge in [-0.1, -0.05) is 23.2 Å². The second-order valence-electron chi connectivity index (χ2n) is 7.40. The number of aromatic nitrogens is 2. The molecule has 2 aromatic heterocycles. The maximum atomic E-state index is 13.6. The summed E-state index contributed by atoms with van der Waals surface area (Å²) in [5.41, 5.74) is -0.704. The lowest BCUT2D eigenvalue weighted by atomic mass is 9.95. The van der Waals surface area contributed by atoms with E-state index in [-0.39, 0.29) is 50.6 Å². The van der Waals surface area contributed by atoms with Crippen molar-refractivity contribution in [2.45, 2.75) is 19.5 Å². The fraction of sp³-hybridized carbons (Fsp3) is 0.300. The van der Waals surface area contributed by atoms with Crippen molar-refractivity contribution in [3.05, 3.63) is 50.9 Å². The Morgan fingerprint density at radius 3 is 2.47 bits per heavy atom. The van der Waals surface area contributed by atoms with Crippen LogP contribution in [0, 0.1) is 12.8 Å². The number of carbonyl (C=O) groups is 1. The zero-order chi connectivity index (χ0) is 23.4. The minimum absolute atomic E-state index is 0.0107. The van der Waals surface area contributed by atoms with E-state index in [0.29, 0.717) is 18.8 Å². The Balaban J connectivity index is 1.85. The third-order valence-corrected chi connectivity index (χ3v) is 6.08. The highest BCUT2D eigenvalue weighted by Gasteiger charge is 2.39. The zero-order valence-corrected chi connectivity index (χ0v) is 18.6. The first-order chi connectivity index (χ1) is 15.0. The molecule has 1 aliphatic heterocycles. The van der Waals surface area contributed by atoms with Gasteiger partial charge in [0.25, 0.3) is 0 Å². The van der Waals surface area contributed by atoms with E-state index < -0.39 is 17.8 Å². The lowest BCUT2D eigenvalue weighted by molar-refractivity contribution is -0.141. The van der Waals surface area contributed by atoms with Crippen molar-refractivity contribution >= 4 is 46.5 Å². The van der Waals surface area contributed by atoms with Crippen LogP contribution < -0.4 is 4.90 Å². The Bertz CT molecular complexity index is 1200. The molecule has 12 heteroatoms. The van der Waals surface area contributed by atoms with Crippen molar-refractivity contribution < 1.29 is 27.5 Å². The van der Waals surface area contributed by atoms with E-state index in [9.17, 15) is 18.0 Å². The topological polar surface area (TPSA) is 71.5 Å². The quantitative estimate of drug-likeness (QED) is 0.436. The maximum Gasteiger partial charge on any atom is 0.435 e. The first-order valence-electron chi connectivity index (χ1n) is 9.34. The van der Waals surface area contributed by atoms with E-state index in [2.05, 4.69) is 4.98 Å². The van der Waals surface area contributed by atoms with Crippen LogP contribution in [-0.2, 0) is 11.0 Å². The molecule has 32 heavy (non-hydrogen) atoms. The van der Waals surface area contributed by atoms with Gasteiger partial charge in [0.05, 0.1) is 33.5 Å². The van der Waals surface area contributed by atoms with Crippen molar-refractivity contribution in [3.8, 4) is 17.3 Å². The Labute approximate surface area is 195 Å². The highest BCUT2D eigenvalue weighted by molar-refractivity contribution is 6.39. The molecule has 1 aliphatic rings. The molecule has 3 aromatic rings. The lowest BCUT2D eigenvalue weighted by Crippen LogP contribution is -2.47. The molecule has 4 rings (SSSR count). The molecule has 0 bridgehead atoms. The van der Waals surface area contributed by atoms with Crippen LogP contribution in [0.3, 0.4) is 0 Å². The van der Waals surface area contributed by atoms with Crippen molar-refractivity contribution in [2.75, 3.05) is 18.0 Å². The third-order valence-electron chi connectivity index (χ3n) is 5.20. The molecule has 3 heterocycles. The summed E-state index contributed by atoms with van der Waals surface area (Å²) in [7, 11) is 0. The van der Waals surface area contributed by atoms with E-state index in [1.165, 1.54) is 29.7 Å². The average molecular weight is 509 g/mol. The van der Waals surface area contributed by atoms with E-state index in [1.807, 2.05) is 4.90 Å². The summed E-state index contributed by atoms with van der Waals surface area (Å²) in [5, 5.41) is 9.15. The largest absolute Gasteiger partial charge is 0.481 e. The number of rotatable bonds is 5. The molecule has 170 valence electrons. The third kappa shape index (κ3) is 4.04. The van der Waals surface area contributed by atoms with Crippen molar-refractivity contribution in [1.29, 1.82) is 0 Å². The van der Waals surface area contributed by atoms with Gasteiger partial charge in [0.1, 0.15) is 0 Å². The number of hydrogen-bond donors (Lipinski definition) is 1. The summed E-state index contributed by atoms with van der Waals surface area (Å²) in [4.78, 5) is 16.5. The van der Waals surface area contributed by atoms with Gasteiger partial charge in [-0.05, 0) is 42.8 Å². The number of nitrogens with zero attached hydrogens (tertiary/aromatic N) is 3. The van der Waals surface area contributed by atoms with Crippen LogP contribution in [-0.4, -0.2) is 33.7 Å². The van der Waals surface area contributed by atoms with Crippen LogP contribution in [0.5, 0.6) is 0 Å². The molecular formula is C20H15Cl3F3N3O3. The predicted octanol–water partition coefficient (Wildman–Crippen LogP) is 6.33. The van der Waals surface area contributed by atoms with Gasteiger partial charge in [0, 0.05) is 19.0 Å². The molecule has 1 N–H and O–H groups in total. The van der Waals surface area contributed by atoms with Gasteiger partial charge < -0.3 is 14.4 Å². The number of furan rings is 1.